The van der Waals surface area contributed by atoms with Gasteiger partial charge in [0.2, 0.25) is 5.91 Å². The Balaban J connectivity index is 1.28. The van der Waals surface area contributed by atoms with E-state index in [-0.39, 0.29) is 5.91 Å². The van der Waals surface area contributed by atoms with Crippen molar-refractivity contribution in [2.24, 2.45) is 5.73 Å². The highest BCUT2D eigenvalue weighted by Crippen LogP contribution is 2.30. The minimum absolute atomic E-state index is 0.211. The van der Waals surface area contributed by atoms with E-state index < -0.39 is 6.04 Å². The highest BCUT2D eigenvalue weighted by molar-refractivity contribution is 5.81. The second-order valence-electron chi connectivity index (χ2n) is 7.03. The largest absolute Gasteiger partial charge is 0.486 e. The Bertz CT molecular complexity index is 971. The van der Waals surface area contributed by atoms with Gasteiger partial charge in [0.25, 0.3) is 0 Å². The highest BCUT2D eigenvalue weighted by atomic mass is 16.6. The first-order valence-electron chi connectivity index (χ1n) is 9.64. The van der Waals surface area contributed by atoms with E-state index in [0.29, 0.717) is 31.9 Å². The van der Waals surface area contributed by atoms with Crippen LogP contribution in [-0.4, -0.2) is 34.7 Å². The zero-order valence-electron chi connectivity index (χ0n) is 16.1. The molecule has 1 aliphatic rings. The number of amides is 1. The van der Waals surface area contributed by atoms with Crippen LogP contribution in [0.3, 0.4) is 0 Å². The van der Waals surface area contributed by atoms with E-state index in [1.165, 1.54) is 5.56 Å². The van der Waals surface area contributed by atoms with Crippen LogP contribution in [0.25, 0.3) is 0 Å². The molecule has 3 aromatic rings. The summed E-state index contributed by atoms with van der Waals surface area (Å²) in [5, 5.41) is 2.88. The number of carbonyl (C=O) groups is 1. The van der Waals surface area contributed by atoms with Crippen molar-refractivity contribution in [3.8, 4) is 11.5 Å². The van der Waals surface area contributed by atoms with Crippen molar-refractivity contribution < 1.29 is 14.3 Å². The first kappa shape index (κ1) is 19.0. The van der Waals surface area contributed by atoms with Gasteiger partial charge in [-0.15, -0.1) is 0 Å². The average molecular weight is 392 g/mol. The number of fused-ring (bicyclic) bond motifs is 1. The molecule has 0 radical (unpaired) electrons. The SMILES string of the molecule is N[C@@H](Cc1cn(Cc2ccccc2)cn1)C(=O)NCc1ccc2c(c1)OCCO2. The summed E-state index contributed by atoms with van der Waals surface area (Å²) in [5.74, 6) is 1.22. The third-order valence-corrected chi connectivity index (χ3v) is 4.73. The fraction of sp³-hybridized carbons (Fsp3) is 0.273. The molecule has 1 aromatic heterocycles. The summed E-state index contributed by atoms with van der Waals surface area (Å²) < 4.78 is 13.1. The van der Waals surface area contributed by atoms with E-state index >= 15 is 0 Å². The molecule has 0 aliphatic carbocycles. The maximum absolute atomic E-state index is 12.4. The summed E-state index contributed by atoms with van der Waals surface area (Å²) in [5.41, 5.74) is 9.00. The zero-order valence-corrected chi connectivity index (χ0v) is 16.1. The molecule has 3 N–H and O–H groups in total. The lowest BCUT2D eigenvalue weighted by molar-refractivity contribution is -0.122. The van der Waals surface area contributed by atoms with Gasteiger partial charge < -0.3 is 25.1 Å². The molecule has 7 nitrogen and oxygen atoms in total. The Morgan fingerprint density at radius 1 is 1.10 bits per heavy atom. The first-order chi connectivity index (χ1) is 14.2. The van der Waals surface area contributed by atoms with Crippen molar-refractivity contribution >= 4 is 5.91 Å². The Kier molecular flexibility index (Phi) is 5.76. The molecule has 1 amide bonds. The second-order valence-corrected chi connectivity index (χ2v) is 7.03. The maximum atomic E-state index is 12.4. The van der Waals surface area contributed by atoms with Crippen molar-refractivity contribution in [3.63, 3.8) is 0 Å². The Labute approximate surface area is 169 Å². The number of nitrogens with one attached hydrogen (secondary N) is 1. The molecule has 0 fully saturated rings. The van der Waals surface area contributed by atoms with Crippen LogP contribution < -0.4 is 20.5 Å². The molecule has 29 heavy (non-hydrogen) atoms. The summed E-state index contributed by atoms with van der Waals surface area (Å²) >= 11 is 0. The molecule has 4 rings (SSSR count). The molecule has 0 spiro atoms. The Morgan fingerprint density at radius 3 is 2.72 bits per heavy atom. The molecule has 1 aliphatic heterocycles. The van der Waals surface area contributed by atoms with Crippen LogP contribution in [0.5, 0.6) is 11.5 Å². The average Bonchev–Trinajstić information content (AvgIpc) is 3.19. The number of imidazole rings is 1. The molecular weight excluding hydrogens is 368 g/mol. The van der Waals surface area contributed by atoms with E-state index in [0.717, 1.165) is 23.6 Å². The molecule has 2 heterocycles. The van der Waals surface area contributed by atoms with E-state index in [2.05, 4.69) is 22.4 Å². The predicted molar refractivity (Wildman–Crippen MR) is 109 cm³/mol. The number of carbonyl (C=O) groups excluding carboxylic acids is 1. The van der Waals surface area contributed by atoms with Crippen LogP contribution in [0, 0.1) is 0 Å². The minimum atomic E-state index is -0.660. The normalized spacial score (nSPS) is 13.7. The predicted octanol–water partition coefficient (Wildman–Crippen LogP) is 1.89. The number of benzene rings is 2. The summed E-state index contributed by atoms with van der Waals surface area (Å²) in [7, 11) is 0. The van der Waals surface area contributed by atoms with Crippen LogP contribution in [0.1, 0.15) is 16.8 Å². The molecule has 0 saturated heterocycles. The number of hydrogen-bond acceptors (Lipinski definition) is 5. The summed E-state index contributed by atoms with van der Waals surface area (Å²) in [4.78, 5) is 16.8. The van der Waals surface area contributed by atoms with Crippen LogP contribution in [0.4, 0.5) is 0 Å². The van der Waals surface area contributed by atoms with Gasteiger partial charge >= 0.3 is 0 Å². The zero-order chi connectivity index (χ0) is 20.1. The monoisotopic (exact) mass is 392 g/mol. The van der Waals surface area contributed by atoms with Gasteiger partial charge in [-0.1, -0.05) is 36.4 Å². The van der Waals surface area contributed by atoms with Crippen molar-refractivity contribution in [3.05, 3.63) is 77.9 Å². The van der Waals surface area contributed by atoms with Crippen molar-refractivity contribution in [1.82, 2.24) is 14.9 Å². The van der Waals surface area contributed by atoms with Crippen LogP contribution in [0.15, 0.2) is 61.1 Å². The van der Waals surface area contributed by atoms with Crippen molar-refractivity contribution in [2.75, 3.05) is 13.2 Å². The third kappa shape index (κ3) is 4.94. The molecule has 1 atom stereocenters. The number of aromatic nitrogens is 2. The van der Waals surface area contributed by atoms with Crippen LogP contribution >= 0.6 is 0 Å². The fourth-order valence-electron chi connectivity index (χ4n) is 3.23. The van der Waals surface area contributed by atoms with Gasteiger partial charge in [0, 0.05) is 25.7 Å². The van der Waals surface area contributed by atoms with Crippen molar-refractivity contribution in [2.45, 2.75) is 25.6 Å². The van der Waals surface area contributed by atoms with Gasteiger partial charge in [0.15, 0.2) is 11.5 Å². The van der Waals surface area contributed by atoms with Gasteiger partial charge in [0.05, 0.1) is 18.1 Å². The van der Waals surface area contributed by atoms with Crippen molar-refractivity contribution in [1.29, 1.82) is 0 Å². The van der Waals surface area contributed by atoms with E-state index in [4.69, 9.17) is 15.2 Å². The quantitative estimate of drug-likeness (QED) is 0.641. The maximum Gasteiger partial charge on any atom is 0.237 e. The van der Waals surface area contributed by atoms with Gasteiger partial charge in [0.1, 0.15) is 13.2 Å². The van der Waals surface area contributed by atoms with Gasteiger partial charge in [-0.2, -0.15) is 0 Å². The second kappa shape index (κ2) is 8.79. The lowest BCUT2D eigenvalue weighted by Crippen LogP contribution is -2.41. The molecule has 150 valence electrons. The fourth-order valence-corrected chi connectivity index (χ4v) is 3.23. The molecule has 0 unspecified atom stereocenters. The smallest absolute Gasteiger partial charge is 0.237 e. The number of hydrogen-bond donors (Lipinski definition) is 2. The van der Waals surface area contributed by atoms with E-state index in [9.17, 15) is 4.79 Å². The molecular formula is C22H24N4O3. The summed E-state index contributed by atoms with van der Waals surface area (Å²) in [6.45, 7) is 2.20. The van der Waals surface area contributed by atoms with E-state index in [1.807, 2.05) is 47.2 Å². The van der Waals surface area contributed by atoms with Crippen LogP contribution in [-0.2, 0) is 24.3 Å². The lowest BCUT2D eigenvalue weighted by Gasteiger charge is -2.19. The Hall–Kier alpha value is -3.32. The van der Waals surface area contributed by atoms with Gasteiger partial charge in [-0.25, -0.2) is 4.98 Å². The number of nitrogens with two attached hydrogens (primary N) is 1. The molecule has 2 aromatic carbocycles. The summed E-state index contributed by atoms with van der Waals surface area (Å²) in [6.07, 6.45) is 4.08. The standard InChI is InChI=1S/C22H24N4O3/c23-19(11-18-14-26(15-25-18)13-16-4-2-1-3-5-16)22(27)24-12-17-6-7-20-21(10-17)29-9-8-28-20/h1-7,10,14-15,19H,8-9,11-13,23H2,(H,24,27)/t19-/m0/s1. The minimum Gasteiger partial charge on any atom is -0.486 e. The number of nitrogens with zero attached hydrogens (tertiary/aromatic N) is 2. The van der Waals surface area contributed by atoms with E-state index in [1.54, 1.807) is 6.33 Å². The van der Waals surface area contributed by atoms with Gasteiger partial charge in [-0.3, -0.25) is 4.79 Å². The first-order valence-corrected chi connectivity index (χ1v) is 9.64. The number of rotatable bonds is 7. The number of ether oxygens (including phenoxy) is 2. The van der Waals surface area contributed by atoms with Gasteiger partial charge in [-0.05, 0) is 23.3 Å². The topological polar surface area (TPSA) is 91.4 Å². The molecule has 7 heteroatoms. The molecule has 0 bridgehead atoms. The third-order valence-electron chi connectivity index (χ3n) is 4.73. The molecule has 0 saturated carbocycles. The van der Waals surface area contributed by atoms with Crippen LogP contribution in [0.2, 0.25) is 0 Å². The summed E-state index contributed by atoms with van der Waals surface area (Å²) in [6, 6.07) is 15.1. The highest BCUT2D eigenvalue weighted by Gasteiger charge is 2.16. The lowest BCUT2D eigenvalue weighted by atomic mass is 10.1. The Morgan fingerprint density at radius 2 is 1.90 bits per heavy atom.